The lowest BCUT2D eigenvalue weighted by Gasteiger charge is -2.50. The van der Waals surface area contributed by atoms with E-state index in [1.54, 1.807) is 12.1 Å². The second kappa shape index (κ2) is 25.2. The number of aliphatic hydroxyl groups excluding tert-OH is 2. The van der Waals surface area contributed by atoms with Crippen molar-refractivity contribution < 1.29 is 23.0 Å². The van der Waals surface area contributed by atoms with Gasteiger partial charge in [0, 0.05) is 18.3 Å². The van der Waals surface area contributed by atoms with Gasteiger partial charge in [0.05, 0.1) is 25.2 Å². The van der Waals surface area contributed by atoms with Gasteiger partial charge in [0.2, 0.25) is 0 Å². The molecule has 3 rings (SSSR count). The SMILES string of the molecule is C/C(=C/O)CC1C(CCC(O)c2ccc(F)cc2)CN1c1ccccc1.C/C=C(\C)CC.CC.COS(=O)C/C=C\C=C(C)C. The maximum Gasteiger partial charge on any atom is 0.159 e. The van der Waals surface area contributed by atoms with Crippen molar-refractivity contribution in [1.29, 1.82) is 0 Å². The zero-order chi connectivity index (χ0) is 34.2. The van der Waals surface area contributed by atoms with Crippen molar-refractivity contribution in [3.63, 3.8) is 0 Å². The molecule has 0 radical (unpaired) electrons. The van der Waals surface area contributed by atoms with Crippen molar-refractivity contribution in [2.75, 3.05) is 24.3 Å². The van der Waals surface area contributed by atoms with Crippen LogP contribution in [0.25, 0.3) is 0 Å². The first-order chi connectivity index (χ1) is 21.6. The number of benzene rings is 2. The molecule has 252 valence electrons. The summed E-state index contributed by atoms with van der Waals surface area (Å²) in [6.45, 7) is 17.3. The highest BCUT2D eigenvalue weighted by Gasteiger charge is 2.38. The van der Waals surface area contributed by atoms with Gasteiger partial charge < -0.3 is 15.1 Å². The number of halogens is 1. The fraction of sp³-hybridized carbons (Fsp3) is 0.474. The zero-order valence-corrected chi connectivity index (χ0v) is 29.8. The summed E-state index contributed by atoms with van der Waals surface area (Å²) in [6.07, 6.45) is 12.0. The van der Waals surface area contributed by atoms with Gasteiger partial charge in [-0.2, -0.15) is 0 Å². The Morgan fingerprint density at radius 1 is 1.07 bits per heavy atom. The highest BCUT2D eigenvalue weighted by molar-refractivity contribution is 7.80. The first kappa shape index (κ1) is 42.0. The van der Waals surface area contributed by atoms with E-state index in [0.717, 1.165) is 30.5 Å². The Morgan fingerprint density at radius 3 is 2.18 bits per heavy atom. The molecule has 0 spiro atoms. The summed E-state index contributed by atoms with van der Waals surface area (Å²) in [7, 11) is 1.44. The fourth-order valence-electron chi connectivity index (χ4n) is 4.38. The monoisotopic (exact) mass is 643 g/mol. The smallest absolute Gasteiger partial charge is 0.159 e. The highest BCUT2D eigenvalue weighted by atomic mass is 32.2. The summed E-state index contributed by atoms with van der Waals surface area (Å²) in [6, 6.07) is 16.7. The molecule has 0 aliphatic carbocycles. The van der Waals surface area contributed by atoms with Gasteiger partial charge >= 0.3 is 0 Å². The Bertz CT molecular complexity index is 1190. The molecule has 45 heavy (non-hydrogen) atoms. The standard InChI is InChI=1S/C22H26FNO2.C8H14O2S.C6H12.C2H6/c1-16(15-25)13-21-18(14-24(21)20-5-3-2-4-6-20)9-12-22(26)17-7-10-19(23)11-8-17;1-8(2)6-4-5-7-11(9)10-3;1-4-6(3)5-2;1-2/h2-8,10-11,15,18,21-22,25-26H,9,12-14H2,1H3;4-6H,7H2,1-3H3;4H,5H2,1-3H3;1-2H3/b16-15-;5-4-;6-4+;. The molecule has 1 aliphatic heterocycles. The minimum absolute atomic E-state index is 0.287. The summed E-state index contributed by atoms with van der Waals surface area (Å²) in [5, 5.41) is 19.7. The molecular formula is C38H58FNO4S. The normalized spacial score (nSPS) is 17.4. The number of aliphatic hydroxyl groups is 2. The van der Waals surface area contributed by atoms with Gasteiger partial charge in [-0.25, -0.2) is 8.60 Å². The maximum atomic E-state index is 13.0. The number of allylic oxidation sites excluding steroid dienone is 5. The van der Waals surface area contributed by atoms with Crippen LogP contribution in [0.5, 0.6) is 0 Å². The quantitative estimate of drug-likeness (QED) is 0.137. The number of anilines is 1. The summed E-state index contributed by atoms with van der Waals surface area (Å²) in [5.74, 6) is 0.630. The van der Waals surface area contributed by atoms with Crippen LogP contribution in [-0.4, -0.2) is 39.9 Å². The van der Waals surface area contributed by atoms with Crippen LogP contribution in [0.4, 0.5) is 10.1 Å². The Labute approximate surface area is 275 Å². The first-order valence-electron chi connectivity index (χ1n) is 16.0. The largest absolute Gasteiger partial charge is 0.516 e. The van der Waals surface area contributed by atoms with E-state index in [4.69, 9.17) is 0 Å². The lowest BCUT2D eigenvalue weighted by molar-refractivity contribution is 0.143. The van der Waals surface area contributed by atoms with Gasteiger partial charge in [0.25, 0.3) is 0 Å². The topological polar surface area (TPSA) is 70.0 Å². The molecule has 2 N–H and O–H groups in total. The van der Waals surface area contributed by atoms with E-state index in [0.29, 0.717) is 24.1 Å². The molecule has 7 heteroatoms. The van der Waals surface area contributed by atoms with Crippen LogP contribution in [0, 0.1) is 11.7 Å². The van der Waals surface area contributed by atoms with Gasteiger partial charge in [-0.15, -0.1) is 0 Å². The number of nitrogens with zero attached hydrogens (tertiary/aromatic N) is 1. The molecule has 4 unspecified atom stereocenters. The minimum Gasteiger partial charge on any atom is -0.516 e. The lowest BCUT2D eigenvalue weighted by atomic mass is 9.80. The third kappa shape index (κ3) is 17.9. The van der Waals surface area contributed by atoms with Gasteiger partial charge in [-0.1, -0.05) is 86.6 Å². The van der Waals surface area contributed by atoms with Crippen LogP contribution < -0.4 is 4.90 Å². The molecule has 1 heterocycles. The second-order valence-corrected chi connectivity index (χ2v) is 12.2. The third-order valence-corrected chi connectivity index (χ3v) is 8.15. The van der Waals surface area contributed by atoms with Crippen LogP contribution in [0.2, 0.25) is 0 Å². The van der Waals surface area contributed by atoms with Crippen molar-refractivity contribution in [2.24, 2.45) is 5.92 Å². The Morgan fingerprint density at radius 2 is 1.69 bits per heavy atom. The molecule has 0 amide bonds. The predicted octanol–water partition coefficient (Wildman–Crippen LogP) is 10.2. The van der Waals surface area contributed by atoms with Gasteiger partial charge in [0.15, 0.2) is 11.1 Å². The van der Waals surface area contributed by atoms with Crippen LogP contribution in [-0.2, 0) is 15.3 Å². The molecule has 2 aromatic carbocycles. The molecule has 1 aliphatic rings. The molecule has 2 aromatic rings. The number of hydrogen-bond donors (Lipinski definition) is 2. The van der Waals surface area contributed by atoms with Gasteiger partial charge in [-0.3, -0.25) is 4.18 Å². The average molecular weight is 644 g/mol. The van der Waals surface area contributed by atoms with Gasteiger partial charge in [0.1, 0.15) is 5.82 Å². The van der Waals surface area contributed by atoms with E-state index >= 15 is 0 Å². The molecule has 1 fully saturated rings. The van der Waals surface area contributed by atoms with E-state index in [-0.39, 0.29) is 5.82 Å². The van der Waals surface area contributed by atoms with Crippen molar-refractivity contribution >= 4 is 16.8 Å². The molecular weight excluding hydrogens is 585 g/mol. The predicted molar refractivity (Wildman–Crippen MR) is 192 cm³/mol. The van der Waals surface area contributed by atoms with Crippen LogP contribution in [0.15, 0.2) is 102 Å². The average Bonchev–Trinajstić information content (AvgIpc) is 3.06. The molecule has 5 nitrogen and oxygen atoms in total. The number of hydrogen-bond acceptors (Lipinski definition) is 5. The molecule has 0 bridgehead atoms. The lowest BCUT2D eigenvalue weighted by Crippen LogP contribution is -2.56. The molecule has 1 saturated heterocycles. The molecule has 4 atom stereocenters. The molecule has 0 aromatic heterocycles. The van der Waals surface area contributed by atoms with Crippen molar-refractivity contribution in [2.45, 2.75) is 93.2 Å². The van der Waals surface area contributed by atoms with E-state index in [1.165, 1.54) is 48.8 Å². The zero-order valence-electron chi connectivity index (χ0n) is 29.0. The third-order valence-electron chi connectivity index (χ3n) is 7.32. The summed E-state index contributed by atoms with van der Waals surface area (Å²) in [5.41, 5.74) is 5.60. The van der Waals surface area contributed by atoms with Crippen LogP contribution in [0.3, 0.4) is 0 Å². The van der Waals surface area contributed by atoms with Crippen molar-refractivity contribution in [1.82, 2.24) is 0 Å². The van der Waals surface area contributed by atoms with Crippen LogP contribution in [0.1, 0.15) is 92.7 Å². The van der Waals surface area contributed by atoms with Crippen molar-refractivity contribution in [3.05, 3.63) is 113 Å². The first-order valence-corrected chi connectivity index (χ1v) is 17.2. The van der Waals surface area contributed by atoms with E-state index in [9.17, 15) is 18.8 Å². The van der Waals surface area contributed by atoms with E-state index < -0.39 is 17.2 Å². The highest BCUT2D eigenvalue weighted by Crippen LogP contribution is 2.38. The van der Waals surface area contributed by atoms with Crippen molar-refractivity contribution in [3.8, 4) is 0 Å². The van der Waals surface area contributed by atoms with E-state index in [2.05, 4.69) is 48.1 Å². The Kier molecular flexibility index (Phi) is 23.5. The summed E-state index contributed by atoms with van der Waals surface area (Å²) >= 11 is -1.16. The van der Waals surface area contributed by atoms with E-state index in [1.807, 2.05) is 71.0 Å². The Hall–Kier alpha value is -3.00. The van der Waals surface area contributed by atoms with Gasteiger partial charge in [-0.05, 0) is 102 Å². The molecule has 0 saturated carbocycles. The fourth-order valence-corrected chi connectivity index (χ4v) is 4.78. The summed E-state index contributed by atoms with van der Waals surface area (Å²) in [4.78, 5) is 2.36. The number of rotatable bonds is 12. The maximum absolute atomic E-state index is 13.0. The second-order valence-electron chi connectivity index (χ2n) is 10.9. The number of para-hydroxylation sites is 1. The summed E-state index contributed by atoms with van der Waals surface area (Å²) < 4.78 is 28.3. The Balaban J connectivity index is 0.000000844. The van der Waals surface area contributed by atoms with Crippen LogP contribution >= 0.6 is 0 Å². The minimum atomic E-state index is -1.16.